The first-order valence-corrected chi connectivity index (χ1v) is 12.0. The Balaban J connectivity index is 1.48. The summed E-state index contributed by atoms with van der Waals surface area (Å²) in [7, 11) is 0. The van der Waals surface area contributed by atoms with Gasteiger partial charge in [-0.2, -0.15) is 12.6 Å². The van der Waals surface area contributed by atoms with E-state index in [1.54, 1.807) is 36.5 Å². The fourth-order valence-corrected chi connectivity index (χ4v) is 3.95. The number of nitrogens with two attached hydrogens (primary N) is 1. The van der Waals surface area contributed by atoms with E-state index in [-0.39, 0.29) is 18.6 Å². The van der Waals surface area contributed by atoms with E-state index in [1.165, 1.54) is 0 Å². The maximum absolute atomic E-state index is 12.6. The molecule has 1 heterocycles. The van der Waals surface area contributed by atoms with Crippen molar-refractivity contribution in [1.29, 1.82) is 0 Å². The summed E-state index contributed by atoms with van der Waals surface area (Å²) >= 11 is 4.09. The number of benzene rings is 2. The third-order valence-corrected chi connectivity index (χ3v) is 5.97. The molecular weight excluding hydrogens is 482 g/mol. The molecule has 10 nitrogen and oxygen atoms in total. The van der Waals surface area contributed by atoms with Crippen LogP contribution in [0.25, 0.3) is 10.9 Å². The predicted octanol–water partition coefficient (Wildman–Crippen LogP) is 0.381. The van der Waals surface area contributed by atoms with E-state index in [0.29, 0.717) is 0 Å². The van der Waals surface area contributed by atoms with Gasteiger partial charge in [-0.3, -0.25) is 14.4 Å². The highest BCUT2D eigenvalue weighted by atomic mass is 32.1. The Morgan fingerprint density at radius 2 is 1.61 bits per heavy atom. The Labute approximate surface area is 213 Å². The van der Waals surface area contributed by atoms with Crippen molar-refractivity contribution in [2.75, 3.05) is 12.3 Å². The first-order valence-electron chi connectivity index (χ1n) is 11.3. The molecule has 0 spiro atoms. The normalized spacial score (nSPS) is 13.4. The molecule has 3 atom stereocenters. The molecule has 0 bridgehead atoms. The van der Waals surface area contributed by atoms with Crippen LogP contribution in [0.5, 0.6) is 0 Å². The lowest BCUT2D eigenvalue weighted by Crippen LogP contribution is -2.55. The van der Waals surface area contributed by atoms with Crippen LogP contribution in [-0.4, -0.2) is 64.2 Å². The largest absolute Gasteiger partial charge is 0.480 e. The number of aromatic nitrogens is 1. The van der Waals surface area contributed by atoms with Gasteiger partial charge >= 0.3 is 5.97 Å². The molecule has 11 heteroatoms. The highest BCUT2D eigenvalue weighted by molar-refractivity contribution is 7.80. The molecule has 3 amide bonds. The third kappa shape index (κ3) is 7.33. The van der Waals surface area contributed by atoms with E-state index in [1.807, 2.05) is 24.3 Å². The summed E-state index contributed by atoms with van der Waals surface area (Å²) in [5.74, 6) is -3.11. The van der Waals surface area contributed by atoms with Gasteiger partial charge in [0.25, 0.3) is 0 Å². The highest BCUT2D eigenvalue weighted by Gasteiger charge is 2.26. The van der Waals surface area contributed by atoms with Gasteiger partial charge in [0.15, 0.2) is 0 Å². The van der Waals surface area contributed by atoms with E-state index in [4.69, 9.17) is 5.73 Å². The number of para-hydroxylation sites is 1. The van der Waals surface area contributed by atoms with Crippen LogP contribution in [0.2, 0.25) is 0 Å². The standard InChI is InChI=1S/C25H29N5O5S/c26-18(11-16-12-27-19-9-5-4-8-17(16)19)23(32)28-13-22(31)29-21(14-36)24(33)30-20(25(34)35)10-15-6-2-1-3-7-15/h1-9,12,18,20-21,27,36H,10-11,13-14,26H2,(H,28,32)(H,29,31)(H,30,33)(H,34,35). The lowest BCUT2D eigenvalue weighted by molar-refractivity contribution is -0.142. The number of aliphatic carboxylic acids is 1. The summed E-state index contributed by atoms with van der Waals surface area (Å²) in [6.07, 6.45) is 2.15. The topological polar surface area (TPSA) is 166 Å². The fourth-order valence-electron chi connectivity index (χ4n) is 3.69. The van der Waals surface area contributed by atoms with Gasteiger partial charge in [0.1, 0.15) is 12.1 Å². The van der Waals surface area contributed by atoms with Gasteiger partial charge in [-0.15, -0.1) is 0 Å². The monoisotopic (exact) mass is 511 g/mol. The van der Waals surface area contributed by atoms with Crippen LogP contribution in [0.15, 0.2) is 60.8 Å². The van der Waals surface area contributed by atoms with E-state index in [0.717, 1.165) is 22.0 Å². The van der Waals surface area contributed by atoms with E-state index in [2.05, 4.69) is 33.6 Å². The number of carbonyl (C=O) groups is 4. The molecule has 0 aliphatic heterocycles. The Bertz CT molecular complexity index is 1220. The molecule has 0 fully saturated rings. The minimum atomic E-state index is -1.20. The summed E-state index contributed by atoms with van der Waals surface area (Å²) in [6, 6.07) is 13.4. The Morgan fingerprint density at radius 3 is 2.31 bits per heavy atom. The Morgan fingerprint density at radius 1 is 0.917 bits per heavy atom. The van der Waals surface area contributed by atoms with Crippen molar-refractivity contribution in [1.82, 2.24) is 20.9 Å². The van der Waals surface area contributed by atoms with Crippen LogP contribution in [0, 0.1) is 0 Å². The molecule has 3 unspecified atom stereocenters. The van der Waals surface area contributed by atoms with Crippen LogP contribution < -0.4 is 21.7 Å². The van der Waals surface area contributed by atoms with Gasteiger partial charge < -0.3 is 31.8 Å². The lowest BCUT2D eigenvalue weighted by atomic mass is 10.1. The summed E-state index contributed by atoms with van der Waals surface area (Å²) in [5, 5.41) is 17.8. The molecule has 3 aromatic rings. The van der Waals surface area contributed by atoms with Crippen molar-refractivity contribution in [3.8, 4) is 0 Å². The number of carboxylic acid groups (broad SMARTS) is 1. The van der Waals surface area contributed by atoms with Crippen molar-refractivity contribution >= 4 is 47.2 Å². The Hall–Kier alpha value is -3.83. The zero-order valence-corrected chi connectivity index (χ0v) is 20.3. The fraction of sp³-hybridized carbons (Fsp3) is 0.280. The SMILES string of the molecule is NC(Cc1c[nH]c2ccccc12)C(=O)NCC(=O)NC(CS)C(=O)NC(Cc1ccccc1)C(=O)O. The second kappa shape index (κ2) is 12.8. The quantitative estimate of drug-likeness (QED) is 0.174. The minimum Gasteiger partial charge on any atom is -0.480 e. The average Bonchev–Trinajstić information content (AvgIpc) is 3.28. The molecular formula is C25H29N5O5S. The van der Waals surface area contributed by atoms with Crippen molar-refractivity contribution in [2.45, 2.75) is 31.0 Å². The van der Waals surface area contributed by atoms with Gasteiger partial charge in [0, 0.05) is 29.3 Å². The highest BCUT2D eigenvalue weighted by Crippen LogP contribution is 2.18. The van der Waals surface area contributed by atoms with Crippen LogP contribution in [0.4, 0.5) is 0 Å². The zero-order valence-electron chi connectivity index (χ0n) is 19.4. The first-order chi connectivity index (χ1) is 17.3. The third-order valence-electron chi connectivity index (χ3n) is 5.61. The summed E-state index contributed by atoms with van der Waals surface area (Å²) in [5.41, 5.74) is 8.57. The first kappa shape index (κ1) is 26.8. The number of aromatic amines is 1. The maximum atomic E-state index is 12.6. The second-order valence-corrected chi connectivity index (χ2v) is 8.64. The second-order valence-electron chi connectivity index (χ2n) is 8.28. The number of hydrogen-bond donors (Lipinski definition) is 7. The van der Waals surface area contributed by atoms with Gasteiger partial charge in [0.2, 0.25) is 17.7 Å². The molecule has 2 aromatic carbocycles. The zero-order chi connectivity index (χ0) is 26.1. The van der Waals surface area contributed by atoms with E-state index in [9.17, 15) is 24.3 Å². The van der Waals surface area contributed by atoms with Crippen molar-refractivity contribution in [3.05, 3.63) is 71.9 Å². The molecule has 190 valence electrons. The van der Waals surface area contributed by atoms with Crippen molar-refractivity contribution < 1.29 is 24.3 Å². The Kier molecular flexibility index (Phi) is 9.48. The molecule has 1 aromatic heterocycles. The summed E-state index contributed by atoms with van der Waals surface area (Å²) in [4.78, 5) is 52.1. The predicted molar refractivity (Wildman–Crippen MR) is 138 cm³/mol. The number of H-pyrrole nitrogens is 1. The summed E-state index contributed by atoms with van der Waals surface area (Å²) in [6.45, 7) is -0.398. The number of carbonyl (C=O) groups excluding carboxylic acids is 3. The van der Waals surface area contributed by atoms with Crippen LogP contribution in [0.1, 0.15) is 11.1 Å². The number of fused-ring (bicyclic) bond motifs is 1. The minimum absolute atomic E-state index is 0.0662. The average molecular weight is 512 g/mol. The molecule has 36 heavy (non-hydrogen) atoms. The number of rotatable bonds is 12. The van der Waals surface area contributed by atoms with Crippen LogP contribution in [-0.2, 0) is 32.0 Å². The molecule has 0 radical (unpaired) electrons. The lowest BCUT2D eigenvalue weighted by Gasteiger charge is -2.20. The number of carboxylic acids is 1. The smallest absolute Gasteiger partial charge is 0.326 e. The van der Waals surface area contributed by atoms with Gasteiger partial charge in [-0.25, -0.2) is 4.79 Å². The molecule has 3 rings (SSSR count). The maximum Gasteiger partial charge on any atom is 0.326 e. The van der Waals surface area contributed by atoms with E-state index >= 15 is 0 Å². The number of nitrogens with one attached hydrogen (secondary N) is 4. The van der Waals surface area contributed by atoms with E-state index < -0.39 is 48.4 Å². The van der Waals surface area contributed by atoms with Gasteiger partial charge in [-0.1, -0.05) is 48.5 Å². The number of amides is 3. The van der Waals surface area contributed by atoms with Gasteiger partial charge in [-0.05, 0) is 23.6 Å². The van der Waals surface area contributed by atoms with Crippen LogP contribution in [0.3, 0.4) is 0 Å². The number of hydrogen-bond acceptors (Lipinski definition) is 6. The molecule has 0 saturated carbocycles. The van der Waals surface area contributed by atoms with Crippen molar-refractivity contribution in [3.63, 3.8) is 0 Å². The molecule has 0 saturated heterocycles. The van der Waals surface area contributed by atoms with Crippen LogP contribution >= 0.6 is 12.6 Å². The van der Waals surface area contributed by atoms with Crippen molar-refractivity contribution in [2.24, 2.45) is 5.73 Å². The molecule has 0 aliphatic rings. The molecule has 0 aliphatic carbocycles. The number of thiol groups is 1. The molecule has 7 N–H and O–H groups in total. The summed E-state index contributed by atoms with van der Waals surface area (Å²) < 4.78 is 0. The van der Waals surface area contributed by atoms with Gasteiger partial charge in [0.05, 0.1) is 12.6 Å².